The van der Waals surface area contributed by atoms with Gasteiger partial charge >= 0.3 is 0 Å². The molecule has 1 atom stereocenters. The lowest BCUT2D eigenvalue weighted by atomic mass is 10.1. The molecule has 0 aromatic carbocycles. The van der Waals surface area contributed by atoms with Crippen molar-refractivity contribution in [2.24, 2.45) is 5.73 Å². The second-order valence-corrected chi connectivity index (χ2v) is 6.39. The van der Waals surface area contributed by atoms with Crippen LogP contribution in [0.3, 0.4) is 0 Å². The minimum absolute atomic E-state index is 0.00632. The number of halogens is 1. The number of nitrogens with zero attached hydrogens (tertiary/aromatic N) is 5. The highest BCUT2D eigenvalue weighted by molar-refractivity contribution is 6.33. The SMILES string of the molecule is CC(C)c1nnc2n1CCN(c1ncc(C(N)=O)cc1Cl)C2C. The van der Waals surface area contributed by atoms with Gasteiger partial charge in [-0.05, 0) is 13.0 Å². The van der Waals surface area contributed by atoms with E-state index in [1.54, 1.807) is 6.07 Å². The molecule has 2 N–H and O–H groups in total. The lowest BCUT2D eigenvalue weighted by Gasteiger charge is -2.35. The summed E-state index contributed by atoms with van der Waals surface area (Å²) in [5, 5.41) is 9.05. The Bertz CT molecular complexity index is 756. The molecule has 0 aliphatic carbocycles. The van der Waals surface area contributed by atoms with E-state index in [0.29, 0.717) is 22.3 Å². The number of rotatable bonds is 3. The number of carbonyl (C=O) groups is 1. The Balaban J connectivity index is 1.95. The Labute approximate surface area is 139 Å². The molecule has 1 amide bonds. The van der Waals surface area contributed by atoms with E-state index in [2.05, 4.69) is 38.5 Å². The van der Waals surface area contributed by atoms with Gasteiger partial charge in [0.05, 0.1) is 16.6 Å². The van der Waals surface area contributed by atoms with Crippen LogP contribution in [-0.2, 0) is 6.54 Å². The number of hydrogen-bond donors (Lipinski definition) is 1. The van der Waals surface area contributed by atoms with Gasteiger partial charge in [-0.3, -0.25) is 4.79 Å². The van der Waals surface area contributed by atoms with Crippen molar-refractivity contribution >= 4 is 23.3 Å². The fraction of sp³-hybridized carbons (Fsp3) is 0.467. The topological polar surface area (TPSA) is 89.9 Å². The molecule has 2 aromatic rings. The van der Waals surface area contributed by atoms with Gasteiger partial charge in [-0.25, -0.2) is 4.98 Å². The largest absolute Gasteiger partial charge is 0.366 e. The number of nitrogens with two attached hydrogens (primary N) is 1. The average molecular weight is 335 g/mol. The second kappa shape index (κ2) is 5.81. The summed E-state index contributed by atoms with van der Waals surface area (Å²) in [4.78, 5) is 17.6. The number of carbonyl (C=O) groups excluding carboxylic acids is 1. The molecule has 0 fully saturated rings. The molecule has 0 saturated heterocycles. The first-order valence-electron chi connectivity index (χ1n) is 7.55. The van der Waals surface area contributed by atoms with Gasteiger partial charge in [0.15, 0.2) is 5.82 Å². The molecule has 7 nitrogen and oxygen atoms in total. The molecule has 0 bridgehead atoms. The Morgan fingerprint density at radius 1 is 1.39 bits per heavy atom. The number of fused-ring (bicyclic) bond motifs is 1. The molecule has 0 radical (unpaired) electrons. The summed E-state index contributed by atoms with van der Waals surface area (Å²) >= 11 is 6.30. The molecule has 3 rings (SSSR count). The van der Waals surface area contributed by atoms with E-state index in [0.717, 1.165) is 24.7 Å². The van der Waals surface area contributed by atoms with Crippen LogP contribution in [-0.4, -0.2) is 32.2 Å². The summed E-state index contributed by atoms with van der Waals surface area (Å²) in [5.41, 5.74) is 5.56. The minimum atomic E-state index is -0.543. The highest BCUT2D eigenvalue weighted by atomic mass is 35.5. The van der Waals surface area contributed by atoms with Crippen LogP contribution in [0.2, 0.25) is 5.02 Å². The third-order valence-electron chi connectivity index (χ3n) is 4.11. The zero-order valence-electron chi connectivity index (χ0n) is 13.3. The number of amides is 1. The summed E-state index contributed by atoms with van der Waals surface area (Å²) in [7, 11) is 0. The van der Waals surface area contributed by atoms with E-state index in [9.17, 15) is 4.79 Å². The van der Waals surface area contributed by atoms with E-state index in [-0.39, 0.29) is 6.04 Å². The Morgan fingerprint density at radius 2 is 2.13 bits per heavy atom. The average Bonchev–Trinajstić information content (AvgIpc) is 2.93. The maximum absolute atomic E-state index is 11.2. The summed E-state index contributed by atoms with van der Waals surface area (Å²) in [5.74, 6) is 2.31. The van der Waals surface area contributed by atoms with Crippen molar-refractivity contribution in [1.29, 1.82) is 0 Å². The van der Waals surface area contributed by atoms with Gasteiger partial charge in [0.25, 0.3) is 0 Å². The van der Waals surface area contributed by atoms with Crippen LogP contribution in [0.5, 0.6) is 0 Å². The molecule has 1 aliphatic rings. The summed E-state index contributed by atoms with van der Waals surface area (Å²) in [6.07, 6.45) is 1.45. The molecule has 0 spiro atoms. The van der Waals surface area contributed by atoms with Crippen LogP contribution in [0.1, 0.15) is 54.7 Å². The van der Waals surface area contributed by atoms with Gasteiger partial charge in [-0.2, -0.15) is 0 Å². The quantitative estimate of drug-likeness (QED) is 0.928. The fourth-order valence-corrected chi connectivity index (χ4v) is 3.17. The van der Waals surface area contributed by atoms with Gasteiger partial charge < -0.3 is 15.2 Å². The molecule has 0 saturated carbocycles. The third-order valence-corrected chi connectivity index (χ3v) is 4.39. The van der Waals surface area contributed by atoms with Gasteiger partial charge in [-0.1, -0.05) is 25.4 Å². The first-order valence-corrected chi connectivity index (χ1v) is 7.93. The lowest BCUT2D eigenvalue weighted by Crippen LogP contribution is -2.38. The van der Waals surface area contributed by atoms with Gasteiger partial charge in [0.2, 0.25) is 5.91 Å². The number of hydrogen-bond acceptors (Lipinski definition) is 5. The lowest BCUT2D eigenvalue weighted by molar-refractivity contribution is 0.1000. The summed E-state index contributed by atoms with van der Waals surface area (Å²) in [6, 6.07) is 1.55. The van der Waals surface area contributed by atoms with Crippen LogP contribution in [0, 0.1) is 0 Å². The van der Waals surface area contributed by atoms with Crippen molar-refractivity contribution in [3.8, 4) is 0 Å². The fourth-order valence-electron chi connectivity index (χ4n) is 2.90. The van der Waals surface area contributed by atoms with Crippen molar-refractivity contribution < 1.29 is 4.79 Å². The summed E-state index contributed by atoms with van der Waals surface area (Å²) in [6.45, 7) is 7.78. The Hall–Kier alpha value is -2.15. The van der Waals surface area contributed by atoms with Crippen molar-refractivity contribution in [2.45, 2.75) is 39.3 Å². The first kappa shape index (κ1) is 15.7. The van der Waals surface area contributed by atoms with Crippen LogP contribution < -0.4 is 10.6 Å². The van der Waals surface area contributed by atoms with Crippen LogP contribution in [0.25, 0.3) is 0 Å². The normalized spacial score (nSPS) is 17.4. The Morgan fingerprint density at radius 3 is 2.74 bits per heavy atom. The van der Waals surface area contributed by atoms with Crippen LogP contribution in [0.4, 0.5) is 5.82 Å². The van der Waals surface area contributed by atoms with Crippen LogP contribution >= 0.6 is 11.6 Å². The maximum atomic E-state index is 11.2. The molecule has 23 heavy (non-hydrogen) atoms. The molecular formula is C15H19ClN6O. The van der Waals surface area contributed by atoms with Crippen molar-refractivity contribution in [2.75, 3.05) is 11.4 Å². The van der Waals surface area contributed by atoms with E-state index in [1.165, 1.54) is 6.20 Å². The van der Waals surface area contributed by atoms with Gasteiger partial charge in [0.1, 0.15) is 11.6 Å². The molecule has 1 aliphatic heterocycles. The highest BCUT2D eigenvalue weighted by Crippen LogP contribution is 2.34. The van der Waals surface area contributed by atoms with Crippen molar-refractivity contribution in [3.63, 3.8) is 0 Å². The van der Waals surface area contributed by atoms with E-state index < -0.39 is 5.91 Å². The first-order chi connectivity index (χ1) is 10.9. The van der Waals surface area contributed by atoms with Gasteiger partial charge in [0, 0.05) is 25.2 Å². The standard InChI is InChI=1S/C15H19ClN6O/c1-8(2)13-19-20-14-9(3)21(4-5-22(13)14)15-11(16)6-10(7-18-15)12(17)23/h6-9H,4-5H2,1-3H3,(H2,17,23). The van der Waals surface area contributed by atoms with E-state index in [4.69, 9.17) is 17.3 Å². The number of anilines is 1. The molecule has 8 heteroatoms. The molecule has 122 valence electrons. The molecular weight excluding hydrogens is 316 g/mol. The smallest absolute Gasteiger partial charge is 0.250 e. The molecule has 3 heterocycles. The maximum Gasteiger partial charge on any atom is 0.250 e. The molecule has 2 aromatic heterocycles. The monoisotopic (exact) mass is 334 g/mol. The predicted octanol–water partition coefficient (Wildman–Crippen LogP) is 2.13. The zero-order valence-corrected chi connectivity index (χ0v) is 14.1. The third kappa shape index (κ3) is 2.65. The van der Waals surface area contributed by atoms with Gasteiger partial charge in [-0.15, -0.1) is 10.2 Å². The number of aromatic nitrogens is 4. The Kier molecular flexibility index (Phi) is 3.97. The highest BCUT2D eigenvalue weighted by Gasteiger charge is 2.30. The second-order valence-electron chi connectivity index (χ2n) is 5.99. The van der Waals surface area contributed by atoms with Crippen LogP contribution in [0.15, 0.2) is 12.3 Å². The number of pyridine rings is 1. The zero-order chi connectivity index (χ0) is 16.7. The predicted molar refractivity (Wildman–Crippen MR) is 87.6 cm³/mol. The number of primary amides is 1. The van der Waals surface area contributed by atoms with E-state index in [1.807, 2.05) is 6.92 Å². The van der Waals surface area contributed by atoms with E-state index >= 15 is 0 Å². The summed E-state index contributed by atoms with van der Waals surface area (Å²) < 4.78 is 2.16. The minimum Gasteiger partial charge on any atom is -0.366 e. The molecule has 1 unspecified atom stereocenters. The van der Waals surface area contributed by atoms with Crippen molar-refractivity contribution in [1.82, 2.24) is 19.7 Å². The van der Waals surface area contributed by atoms with Crippen molar-refractivity contribution in [3.05, 3.63) is 34.5 Å².